The van der Waals surface area contributed by atoms with E-state index in [1.54, 1.807) is 23.5 Å². The number of aliphatic imine (C=N–C) groups is 1. The van der Waals surface area contributed by atoms with E-state index in [2.05, 4.69) is 10.1 Å². The molecule has 0 atom stereocenters. The van der Waals surface area contributed by atoms with Gasteiger partial charge in [-0.2, -0.15) is 5.10 Å². The second kappa shape index (κ2) is 5.90. The largest absolute Gasteiger partial charge is 0.303 e. The van der Waals surface area contributed by atoms with Crippen molar-refractivity contribution >= 4 is 12.4 Å². The fourth-order valence-corrected chi connectivity index (χ4v) is 1.00. The van der Waals surface area contributed by atoms with Crippen LogP contribution in [0.1, 0.15) is 5.56 Å². The zero-order valence-corrected chi connectivity index (χ0v) is 8.89. The van der Waals surface area contributed by atoms with Gasteiger partial charge >= 0.3 is 0 Å². The topological polar surface area (TPSA) is 28.0 Å². The van der Waals surface area contributed by atoms with Crippen LogP contribution in [-0.4, -0.2) is 31.5 Å². The Bertz CT molecular complexity index is 359. The second-order valence-electron chi connectivity index (χ2n) is 3.23. The average Bonchev–Trinajstić information content (AvgIpc) is 2.17. The maximum Gasteiger partial charge on any atom is 0.123 e. The normalized spacial score (nSPS) is 11.4. The van der Waals surface area contributed by atoms with E-state index in [0.717, 1.165) is 5.56 Å². The van der Waals surface area contributed by atoms with Gasteiger partial charge in [0.05, 0.1) is 12.8 Å². The molecule has 1 rings (SSSR count). The molecule has 1 aromatic rings. The molecule has 0 unspecified atom stereocenters. The minimum absolute atomic E-state index is 0.232. The Labute approximate surface area is 88.9 Å². The predicted octanol–water partition coefficient (Wildman–Crippen LogP) is 1.94. The van der Waals surface area contributed by atoms with Crippen LogP contribution in [-0.2, 0) is 6.54 Å². The molecule has 0 amide bonds. The molecule has 1 aromatic carbocycles. The highest BCUT2D eigenvalue weighted by Crippen LogP contribution is 2.03. The summed E-state index contributed by atoms with van der Waals surface area (Å²) in [7, 11) is 3.66. The van der Waals surface area contributed by atoms with Gasteiger partial charge in [-0.3, -0.25) is 4.99 Å². The van der Waals surface area contributed by atoms with Crippen molar-refractivity contribution in [1.82, 2.24) is 5.01 Å². The number of rotatable bonds is 4. The maximum atomic E-state index is 12.8. The standard InChI is InChI=1S/C11H14FN3/c1-15(2)14-7-6-13-9-10-4-3-5-11(12)8-10/h3-8H,9H2,1-2H3/b13-6?,14-7+. The first-order valence-electron chi connectivity index (χ1n) is 4.62. The van der Waals surface area contributed by atoms with Gasteiger partial charge in [0.1, 0.15) is 5.82 Å². The lowest BCUT2D eigenvalue weighted by Crippen LogP contribution is -2.01. The Morgan fingerprint density at radius 1 is 1.33 bits per heavy atom. The molecule has 0 heterocycles. The van der Waals surface area contributed by atoms with E-state index in [1.807, 2.05) is 20.2 Å². The van der Waals surface area contributed by atoms with E-state index in [4.69, 9.17) is 0 Å². The molecular weight excluding hydrogens is 193 g/mol. The molecule has 0 fully saturated rings. The fourth-order valence-electron chi connectivity index (χ4n) is 1.00. The van der Waals surface area contributed by atoms with Gasteiger partial charge in [-0.25, -0.2) is 4.39 Å². The summed E-state index contributed by atoms with van der Waals surface area (Å²) in [6.07, 6.45) is 3.20. The van der Waals surface area contributed by atoms with Gasteiger partial charge in [-0.1, -0.05) is 12.1 Å². The summed E-state index contributed by atoms with van der Waals surface area (Å²) in [5.41, 5.74) is 0.851. The SMILES string of the molecule is CN(C)/N=C/C=NCc1cccc(F)c1. The van der Waals surface area contributed by atoms with Crippen LogP contribution in [0.5, 0.6) is 0 Å². The van der Waals surface area contributed by atoms with Gasteiger partial charge in [0.25, 0.3) is 0 Å². The van der Waals surface area contributed by atoms with Crippen LogP contribution >= 0.6 is 0 Å². The number of hydrogen-bond donors (Lipinski definition) is 0. The van der Waals surface area contributed by atoms with Crippen molar-refractivity contribution in [1.29, 1.82) is 0 Å². The molecule has 0 saturated heterocycles. The highest BCUT2D eigenvalue weighted by molar-refractivity contribution is 6.15. The van der Waals surface area contributed by atoms with Crippen molar-refractivity contribution in [3.05, 3.63) is 35.6 Å². The van der Waals surface area contributed by atoms with Crippen LogP contribution in [0.15, 0.2) is 34.4 Å². The molecule has 0 saturated carbocycles. The molecule has 0 spiro atoms. The fraction of sp³-hybridized carbons (Fsp3) is 0.273. The molecule has 0 bridgehead atoms. The third kappa shape index (κ3) is 4.90. The van der Waals surface area contributed by atoms with Crippen LogP contribution < -0.4 is 0 Å². The summed E-state index contributed by atoms with van der Waals surface area (Å²) in [5, 5.41) is 5.63. The number of halogens is 1. The van der Waals surface area contributed by atoms with Crippen LogP contribution in [0, 0.1) is 5.82 Å². The van der Waals surface area contributed by atoms with Crippen molar-refractivity contribution in [2.75, 3.05) is 14.1 Å². The van der Waals surface area contributed by atoms with Crippen molar-refractivity contribution in [2.45, 2.75) is 6.54 Å². The third-order valence-electron chi connectivity index (χ3n) is 1.63. The van der Waals surface area contributed by atoms with Crippen LogP contribution in [0.25, 0.3) is 0 Å². The van der Waals surface area contributed by atoms with Crippen molar-refractivity contribution in [3.63, 3.8) is 0 Å². The first kappa shape index (κ1) is 11.4. The summed E-state index contributed by atoms with van der Waals surface area (Å²) in [4.78, 5) is 4.09. The Hall–Kier alpha value is -1.71. The van der Waals surface area contributed by atoms with Gasteiger partial charge in [-0.15, -0.1) is 0 Å². The monoisotopic (exact) mass is 207 g/mol. The van der Waals surface area contributed by atoms with E-state index in [1.165, 1.54) is 12.1 Å². The molecule has 0 aliphatic rings. The summed E-state index contributed by atoms with van der Waals surface area (Å²) < 4.78 is 12.8. The van der Waals surface area contributed by atoms with E-state index in [9.17, 15) is 4.39 Å². The maximum absolute atomic E-state index is 12.8. The molecular formula is C11H14FN3. The zero-order chi connectivity index (χ0) is 11.1. The number of hydrazone groups is 1. The lowest BCUT2D eigenvalue weighted by molar-refractivity contribution is 0.441. The predicted molar refractivity (Wildman–Crippen MR) is 60.8 cm³/mol. The minimum Gasteiger partial charge on any atom is -0.303 e. The molecule has 0 radical (unpaired) electrons. The first-order chi connectivity index (χ1) is 7.18. The Balaban J connectivity index is 2.43. The van der Waals surface area contributed by atoms with Crippen LogP contribution in [0.4, 0.5) is 4.39 Å². The van der Waals surface area contributed by atoms with Crippen LogP contribution in [0.3, 0.4) is 0 Å². The minimum atomic E-state index is -0.232. The number of nitrogens with zero attached hydrogens (tertiary/aromatic N) is 3. The summed E-state index contributed by atoms with van der Waals surface area (Å²) in [6, 6.07) is 6.40. The summed E-state index contributed by atoms with van der Waals surface area (Å²) in [6.45, 7) is 0.469. The summed E-state index contributed by atoms with van der Waals surface area (Å²) in [5.74, 6) is -0.232. The molecule has 3 nitrogen and oxygen atoms in total. The zero-order valence-electron chi connectivity index (χ0n) is 8.89. The Kier molecular flexibility index (Phi) is 4.47. The van der Waals surface area contributed by atoms with Crippen molar-refractivity contribution in [2.24, 2.45) is 10.1 Å². The summed E-state index contributed by atoms with van der Waals surface area (Å²) >= 11 is 0. The first-order valence-corrected chi connectivity index (χ1v) is 4.62. The molecule has 15 heavy (non-hydrogen) atoms. The molecule has 0 aliphatic carbocycles. The molecule has 0 aromatic heterocycles. The second-order valence-corrected chi connectivity index (χ2v) is 3.23. The molecule has 4 heteroatoms. The highest BCUT2D eigenvalue weighted by Gasteiger charge is 1.91. The van der Waals surface area contributed by atoms with Crippen LogP contribution in [0.2, 0.25) is 0 Å². The van der Waals surface area contributed by atoms with Gasteiger partial charge < -0.3 is 5.01 Å². The van der Waals surface area contributed by atoms with Crippen molar-refractivity contribution < 1.29 is 4.39 Å². The highest BCUT2D eigenvalue weighted by atomic mass is 19.1. The smallest absolute Gasteiger partial charge is 0.123 e. The lowest BCUT2D eigenvalue weighted by atomic mass is 10.2. The van der Waals surface area contributed by atoms with Gasteiger partial charge in [-0.05, 0) is 17.7 Å². The van der Waals surface area contributed by atoms with Gasteiger partial charge in [0.15, 0.2) is 0 Å². The molecule has 80 valence electrons. The van der Waals surface area contributed by atoms with E-state index in [0.29, 0.717) is 6.54 Å². The third-order valence-corrected chi connectivity index (χ3v) is 1.63. The lowest BCUT2D eigenvalue weighted by Gasteiger charge is -1.99. The quantitative estimate of drug-likeness (QED) is 0.547. The number of hydrogen-bond acceptors (Lipinski definition) is 3. The Morgan fingerprint density at radius 2 is 2.13 bits per heavy atom. The van der Waals surface area contributed by atoms with Gasteiger partial charge in [0.2, 0.25) is 0 Å². The van der Waals surface area contributed by atoms with E-state index in [-0.39, 0.29) is 5.82 Å². The Morgan fingerprint density at radius 3 is 2.80 bits per heavy atom. The van der Waals surface area contributed by atoms with Gasteiger partial charge in [0, 0.05) is 20.3 Å². The molecule has 0 aliphatic heterocycles. The molecule has 0 N–H and O–H groups in total. The van der Waals surface area contributed by atoms with Crippen molar-refractivity contribution in [3.8, 4) is 0 Å². The number of benzene rings is 1. The average molecular weight is 207 g/mol. The van der Waals surface area contributed by atoms with E-state index >= 15 is 0 Å². The van der Waals surface area contributed by atoms with E-state index < -0.39 is 0 Å².